The molecule has 34 heavy (non-hydrogen) atoms. The number of hydrogen-bond donors (Lipinski definition) is 3. The number of anilines is 2. The fourth-order valence-electron chi connectivity index (χ4n) is 4.20. The van der Waals surface area contributed by atoms with E-state index in [1.165, 1.54) is 23.1 Å². The maximum Gasteiger partial charge on any atom is 0.307 e. The van der Waals surface area contributed by atoms with E-state index in [0.717, 1.165) is 44.2 Å². The molecule has 1 aromatic heterocycles. The third-order valence-electron chi connectivity index (χ3n) is 6.05. The summed E-state index contributed by atoms with van der Waals surface area (Å²) in [6.07, 6.45) is 2.85. The molecule has 1 aliphatic carbocycles. The maximum atomic E-state index is 12.8. The minimum atomic E-state index is -0.902. The summed E-state index contributed by atoms with van der Waals surface area (Å²) in [5.41, 5.74) is 4.34. The lowest BCUT2D eigenvalue weighted by Gasteiger charge is -2.27. The number of amides is 2. The molecule has 3 N–H and O–H groups in total. The molecule has 2 aromatic carbocycles. The van der Waals surface area contributed by atoms with Gasteiger partial charge in [-0.15, -0.1) is 11.3 Å². The molecule has 0 bridgehead atoms. The molecule has 1 heterocycles. The van der Waals surface area contributed by atoms with E-state index in [2.05, 4.69) is 15.6 Å². The van der Waals surface area contributed by atoms with Gasteiger partial charge in [-0.05, 0) is 62.1 Å². The Morgan fingerprint density at radius 1 is 1.06 bits per heavy atom. The van der Waals surface area contributed by atoms with Gasteiger partial charge in [0.25, 0.3) is 0 Å². The number of thioether (sulfide) groups is 1. The van der Waals surface area contributed by atoms with Crippen molar-refractivity contribution in [3.8, 4) is 0 Å². The molecular formula is C25H27N3O4S2. The molecule has 0 spiro atoms. The number of thiazole rings is 1. The number of aryl methyl sites for hydroxylation is 2. The van der Waals surface area contributed by atoms with E-state index in [-0.39, 0.29) is 17.6 Å². The second kappa shape index (κ2) is 10.6. The van der Waals surface area contributed by atoms with E-state index >= 15 is 0 Å². The number of rotatable bonds is 7. The molecule has 0 aliphatic heterocycles. The van der Waals surface area contributed by atoms with Crippen LogP contribution in [0.4, 0.5) is 11.4 Å². The van der Waals surface area contributed by atoms with Crippen molar-refractivity contribution < 1.29 is 19.5 Å². The maximum absolute atomic E-state index is 12.8. The van der Waals surface area contributed by atoms with Crippen LogP contribution >= 0.6 is 23.1 Å². The van der Waals surface area contributed by atoms with Crippen molar-refractivity contribution in [1.82, 2.24) is 4.98 Å². The zero-order chi connectivity index (χ0) is 24.2. The molecule has 0 radical (unpaired) electrons. The number of carbonyl (C=O) groups is 3. The number of carboxylic acid groups (broad SMARTS) is 1. The van der Waals surface area contributed by atoms with E-state index < -0.39 is 17.8 Å². The number of nitrogens with zero attached hydrogens (tertiary/aromatic N) is 1. The van der Waals surface area contributed by atoms with Crippen LogP contribution in [0.1, 0.15) is 36.8 Å². The summed E-state index contributed by atoms with van der Waals surface area (Å²) in [6.45, 7) is 3.95. The van der Waals surface area contributed by atoms with E-state index in [1.54, 1.807) is 6.07 Å². The lowest BCUT2D eigenvalue weighted by atomic mass is 9.78. The van der Waals surface area contributed by atoms with Gasteiger partial charge in [0.2, 0.25) is 11.8 Å². The zero-order valence-corrected chi connectivity index (χ0v) is 20.7. The van der Waals surface area contributed by atoms with Gasteiger partial charge in [-0.1, -0.05) is 36.7 Å². The first-order valence-corrected chi connectivity index (χ1v) is 13.0. The normalized spacial score (nSPS) is 17.9. The monoisotopic (exact) mass is 497 g/mol. The minimum absolute atomic E-state index is 0.0913. The number of nitrogens with one attached hydrogen (secondary N) is 2. The van der Waals surface area contributed by atoms with Crippen LogP contribution in [0, 0.1) is 25.7 Å². The third kappa shape index (κ3) is 5.77. The van der Waals surface area contributed by atoms with Gasteiger partial charge in [-0.3, -0.25) is 14.4 Å². The van der Waals surface area contributed by atoms with E-state index in [1.807, 2.05) is 44.2 Å². The highest BCUT2D eigenvalue weighted by Gasteiger charge is 2.35. The molecule has 4 rings (SSSR count). The van der Waals surface area contributed by atoms with Gasteiger partial charge in [0.1, 0.15) is 0 Å². The van der Waals surface area contributed by atoms with Crippen LogP contribution in [-0.2, 0) is 14.4 Å². The van der Waals surface area contributed by atoms with E-state index in [9.17, 15) is 19.5 Å². The second-order valence-electron chi connectivity index (χ2n) is 8.64. The van der Waals surface area contributed by atoms with E-state index in [0.29, 0.717) is 18.5 Å². The van der Waals surface area contributed by atoms with Gasteiger partial charge >= 0.3 is 5.97 Å². The second-order valence-corrected chi connectivity index (χ2v) is 10.9. The van der Waals surface area contributed by atoms with Crippen LogP contribution < -0.4 is 10.6 Å². The Labute approximate surface area is 206 Å². The summed E-state index contributed by atoms with van der Waals surface area (Å²) in [5, 5.41) is 15.3. The molecule has 1 saturated carbocycles. The number of hydrogen-bond acceptors (Lipinski definition) is 6. The number of benzene rings is 2. The Morgan fingerprint density at radius 2 is 1.82 bits per heavy atom. The third-order valence-corrected chi connectivity index (χ3v) is 8.21. The van der Waals surface area contributed by atoms with Gasteiger partial charge in [0.15, 0.2) is 4.34 Å². The van der Waals surface area contributed by atoms with Crippen LogP contribution in [0.25, 0.3) is 10.2 Å². The SMILES string of the molecule is Cc1ccc(C)c(NC(=O)CSc2nc3ccc(NC(=O)[C@@H]4CCCC[C@@H]4C(=O)O)cc3s2)c1. The molecule has 0 saturated heterocycles. The number of aliphatic carboxylic acids is 1. The lowest BCUT2D eigenvalue weighted by Crippen LogP contribution is -2.36. The fourth-order valence-corrected chi connectivity index (χ4v) is 6.11. The number of carbonyl (C=O) groups excluding carboxylic acids is 2. The zero-order valence-electron chi connectivity index (χ0n) is 19.1. The fraction of sp³-hybridized carbons (Fsp3) is 0.360. The molecule has 3 aromatic rings. The van der Waals surface area contributed by atoms with Crippen molar-refractivity contribution in [2.24, 2.45) is 11.8 Å². The topological polar surface area (TPSA) is 108 Å². The van der Waals surface area contributed by atoms with Crippen LogP contribution in [0.3, 0.4) is 0 Å². The smallest absolute Gasteiger partial charge is 0.307 e. The molecule has 1 aliphatic rings. The van der Waals surface area contributed by atoms with Crippen molar-refractivity contribution in [1.29, 1.82) is 0 Å². The van der Waals surface area contributed by atoms with Gasteiger partial charge < -0.3 is 15.7 Å². The van der Waals surface area contributed by atoms with Crippen LogP contribution in [0.15, 0.2) is 40.7 Å². The Morgan fingerprint density at radius 3 is 2.59 bits per heavy atom. The predicted molar refractivity (Wildman–Crippen MR) is 137 cm³/mol. The molecular weight excluding hydrogens is 470 g/mol. The average molecular weight is 498 g/mol. The number of fused-ring (bicyclic) bond motifs is 1. The van der Waals surface area contributed by atoms with Crippen LogP contribution in [-0.4, -0.2) is 33.6 Å². The largest absolute Gasteiger partial charge is 0.481 e. The van der Waals surface area contributed by atoms with Gasteiger partial charge in [-0.2, -0.15) is 0 Å². The first kappa shape index (κ1) is 24.2. The van der Waals surface area contributed by atoms with Crippen molar-refractivity contribution in [2.75, 3.05) is 16.4 Å². The molecule has 2 atom stereocenters. The standard InChI is InChI=1S/C25H27N3O4S2/c1-14-7-8-15(2)20(11-14)27-22(29)13-33-25-28-19-10-9-16(12-21(19)34-25)26-23(30)17-5-3-4-6-18(17)24(31)32/h7-12,17-18H,3-6,13H2,1-2H3,(H,26,30)(H,27,29)(H,31,32)/t17-,18+/m1/s1. The summed E-state index contributed by atoms with van der Waals surface area (Å²) in [5.74, 6) is -2.13. The van der Waals surface area contributed by atoms with Gasteiger partial charge in [0.05, 0.1) is 27.8 Å². The highest BCUT2D eigenvalue weighted by Crippen LogP contribution is 2.34. The van der Waals surface area contributed by atoms with Crippen molar-refractivity contribution in [2.45, 2.75) is 43.9 Å². The minimum Gasteiger partial charge on any atom is -0.481 e. The molecule has 7 nitrogen and oxygen atoms in total. The summed E-state index contributed by atoms with van der Waals surface area (Å²) >= 11 is 2.83. The average Bonchev–Trinajstić information content (AvgIpc) is 3.22. The summed E-state index contributed by atoms with van der Waals surface area (Å²) < 4.78 is 1.67. The molecule has 178 valence electrons. The quantitative estimate of drug-likeness (QED) is 0.373. The Kier molecular flexibility index (Phi) is 7.53. The van der Waals surface area contributed by atoms with Gasteiger partial charge in [0, 0.05) is 11.4 Å². The highest BCUT2D eigenvalue weighted by atomic mass is 32.2. The first-order valence-electron chi connectivity index (χ1n) is 11.2. The Hall–Kier alpha value is -2.91. The molecule has 0 unspecified atom stereocenters. The van der Waals surface area contributed by atoms with E-state index in [4.69, 9.17) is 0 Å². The van der Waals surface area contributed by atoms with Crippen molar-refractivity contribution in [3.05, 3.63) is 47.5 Å². The summed E-state index contributed by atoms with van der Waals surface area (Å²) in [6, 6.07) is 11.4. The number of carboxylic acids is 1. The molecule has 1 fully saturated rings. The van der Waals surface area contributed by atoms with Crippen LogP contribution in [0.2, 0.25) is 0 Å². The van der Waals surface area contributed by atoms with Crippen LogP contribution in [0.5, 0.6) is 0 Å². The summed E-state index contributed by atoms with van der Waals surface area (Å²) in [4.78, 5) is 41.3. The molecule has 2 amide bonds. The Bertz CT molecular complexity index is 1240. The highest BCUT2D eigenvalue weighted by molar-refractivity contribution is 8.01. The number of aromatic nitrogens is 1. The van der Waals surface area contributed by atoms with Crippen molar-refractivity contribution in [3.63, 3.8) is 0 Å². The van der Waals surface area contributed by atoms with Crippen molar-refractivity contribution >= 4 is 62.5 Å². The molecule has 9 heteroatoms. The van der Waals surface area contributed by atoms with Gasteiger partial charge in [-0.25, -0.2) is 4.98 Å². The lowest BCUT2D eigenvalue weighted by molar-refractivity contribution is -0.147. The summed E-state index contributed by atoms with van der Waals surface area (Å²) in [7, 11) is 0. The predicted octanol–water partition coefficient (Wildman–Crippen LogP) is 5.47. The first-order chi connectivity index (χ1) is 16.3. The Balaban J connectivity index is 1.38.